The summed E-state index contributed by atoms with van der Waals surface area (Å²) in [5.74, 6) is -3.62. The van der Waals surface area contributed by atoms with Gasteiger partial charge in [-0.3, -0.25) is 4.79 Å². The Hall–Kier alpha value is -3.60. The molecule has 0 spiro atoms. The topological polar surface area (TPSA) is 116 Å². The van der Waals surface area contributed by atoms with E-state index in [0.717, 1.165) is 22.3 Å². The minimum absolute atomic E-state index is 0.265. The Balaban J connectivity index is 1.48. The summed E-state index contributed by atoms with van der Waals surface area (Å²) in [7, 11) is 0. The number of nitrogens with zero attached hydrogens (tertiary/aromatic N) is 1. The fraction of sp³-hybridized carbons (Fsp3) is 0.348. The first-order chi connectivity index (χ1) is 16.1. The number of halogens is 3. The predicted molar refractivity (Wildman–Crippen MR) is 112 cm³/mol. The Morgan fingerprint density at radius 3 is 2.15 bits per heavy atom. The van der Waals surface area contributed by atoms with E-state index in [1.54, 1.807) is 12.1 Å². The van der Waals surface area contributed by atoms with Gasteiger partial charge in [0, 0.05) is 18.9 Å². The number of benzene rings is 2. The number of carbonyl (C=O) groups excluding carboxylic acids is 2. The van der Waals surface area contributed by atoms with Crippen molar-refractivity contribution in [2.45, 2.75) is 36.7 Å². The van der Waals surface area contributed by atoms with Crippen molar-refractivity contribution in [3.8, 4) is 11.1 Å². The van der Waals surface area contributed by atoms with Crippen LogP contribution in [0.5, 0.6) is 0 Å². The molecular formula is C23H21F3N2O6. The van der Waals surface area contributed by atoms with Crippen molar-refractivity contribution in [3.05, 3.63) is 59.7 Å². The molecule has 8 nitrogen and oxygen atoms in total. The van der Waals surface area contributed by atoms with E-state index in [2.05, 4.69) is 0 Å². The van der Waals surface area contributed by atoms with Gasteiger partial charge >= 0.3 is 18.2 Å². The van der Waals surface area contributed by atoms with Gasteiger partial charge in [0.15, 0.2) is 0 Å². The first-order valence-corrected chi connectivity index (χ1v) is 10.5. The van der Waals surface area contributed by atoms with Crippen LogP contribution in [0, 0.1) is 0 Å². The molecule has 1 aliphatic heterocycles. The monoisotopic (exact) mass is 478 g/mol. The fourth-order valence-corrected chi connectivity index (χ4v) is 4.50. The Kier molecular flexibility index (Phi) is 6.22. The number of rotatable bonds is 5. The first-order valence-electron chi connectivity index (χ1n) is 10.5. The van der Waals surface area contributed by atoms with Crippen LogP contribution in [0.1, 0.15) is 23.5 Å². The molecule has 180 valence electrons. The molecule has 2 aromatic carbocycles. The van der Waals surface area contributed by atoms with E-state index < -0.39 is 61.2 Å². The van der Waals surface area contributed by atoms with E-state index in [4.69, 9.17) is 4.74 Å². The number of nitrogens with one attached hydrogen (secondary N) is 1. The molecule has 1 aliphatic carbocycles. The highest BCUT2D eigenvalue weighted by Gasteiger charge is 2.51. The van der Waals surface area contributed by atoms with E-state index in [-0.39, 0.29) is 6.61 Å². The maximum absolute atomic E-state index is 13.6. The van der Waals surface area contributed by atoms with Crippen molar-refractivity contribution in [2.24, 2.45) is 0 Å². The maximum Gasteiger partial charge on any atom is 0.417 e. The standard InChI is InChI=1S/C23H21F3N2O6/c24-23(25,26)19(20(30)28-10-12(29)9-18(28)21(31)32)27-22(33)34-11-17-15-7-3-1-5-13(15)14-6-2-4-8-16(14)17/h1-8,12,17-19,29H,9-11H2,(H,27,33)(H,31,32)/t12?,18-,19?/m0/s1. The molecule has 2 unspecified atom stereocenters. The van der Waals surface area contributed by atoms with E-state index in [1.165, 1.54) is 5.32 Å². The third-order valence-electron chi connectivity index (χ3n) is 6.03. The van der Waals surface area contributed by atoms with Crippen LogP contribution >= 0.6 is 0 Å². The highest BCUT2D eigenvalue weighted by molar-refractivity contribution is 5.90. The Labute approximate surface area is 191 Å². The van der Waals surface area contributed by atoms with E-state index >= 15 is 0 Å². The summed E-state index contributed by atoms with van der Waals surface area (Å²) in [5, 5.41) is 20.4. The molecule has 1 heterocycles. The molecule has 1 fully saturated rings. The van der Waals surface area contributed by atoms with Gasteiger partial charge in [0.1, 0.15) is 12.6 Å². The number of hydrogen-bond acceptors (Lipinski definition) is 5. The highest BCUT2D eigenvalue weighted by Crippen LogP contribution is 2.44. The van der Waals surface area contributed by atoms with Gasteiger partial charge in [0.05, 0.1) is 6.10 Å². The van der Waals surface area contributed by atoms with Crippen LogP contribution in [0.4, 0.5) is 18.0 Å². The van der Waals surface area contributed by atoms with Crippen molar-refractivity contribution in [1.29, 1.82) is 0 Å². The molecule has 0 radical (unpaired) electrons. The van der Waals surface area contributed by atoms with E-state index in [1.807, 2.05) is 36.4 Å². The number of likely N-dealkylation sites (tertiary alicyclic amines) is 1. The average Bonchev–Trinajstić information content (AvgIpc) is 3.33. The number of aliphatic hydroxyl groups excluding tert-OH is 1. The molecule has 0 bridgehead atoms. The molecule has 34 heavy (non-hydrogen) atoms. The SMILES string of the molecule is O=C(NC(C(=O)N1CC(O)C[C@H]1C(=O)O)C(F)(F)F)OCC1c2ccccc2-c2ccccc21. The number of aliphatic hydroxyl groups is 1. The fourth-order valence-electron chi connectivity index (χ4n) is 4.50. The van der Waals surface area contributed by atoms with Gasteiger partial charge in [-0.25, -0.2) is 9.59 Å². The van der Waals surface area contributed by atoms with Crippen molar-refractivity contribution < 1.29 is 42.5 Å². The molecule has 3 N–H and O–H groups in total. The number of β-amino-alcohol motifs (C(OH)–C–C–N with tert-alkyl or cyclic N) is 1. The molecular weight excluding hydrogens is 457 g/mol. The summed E-state index contributed by atoms with van der Waals surface area (Å²) >= 11 is 0. The van der Waals surface area contributed by atoms with E-state index in [0.29, 0.717) is 4.90 Å². The molecule has 11 heteroatoms. The minimum Gasteiger partial charge on any atom is -0.480 e. The van der Waals surface area contributed by atoms with Crippen LogP contribution in [0.15, 0.2) is 48.5 Å². The summed E-state index contributed by atoms with van der Waals surface area (Å²) in [4.78, 5) is 36.6. The van der Waals surface area contributed by atoms with Crippen molar-refractivity contribution in [1.82, 2.24) is 10.2 Å². The Morgan fingerprint density at radius 1 is 1.06 bits per heavy atom. The van der Waals surface area contributed by atoms with Crippen LogP contribution in [0.25, 0.3) is 11.1 Å². The lowest BCUT2D eigenvalue weighted by atomic mass is 9.98. The number of amides is 2. The Bertz CT molecular complexity index is 1080. The maximum atomic E-state index is 13.6. The lowest BCUT2D eigenvalue weighted by Gasteiger charge is -2.28. The van der Waals surface area contributed by atoms with Gasteiger partial charge < -0.3 is 25.2 Å². The van der Waals surface area contributed by atoms with Gasteiger partial charge in [-0.1, -0.05) is 48.5 Å². The number of carboxylic acid groups (broad SMARTS) is 1. The molecule has 2 amide bonds. The molecule has 2 aromatic rings. The first kappa shape index (κ1) is 23.6. The van der Waals surface area contributed by atoms with Gasteiger partial charge in [0.25, 0.3) is 5.91 Å². The number of alkyl carbamates (subject to hydrolysis) is 1. The summed E-state index contributed by atoms with van der Waals surface area (Å²) in [6.07, 6.45) is -8.37. The van der Waals surface area contributed by atoms with Crippen LogP contribution in [0.3, 0.4) is 0 Å². The third-order valence-corrected chi connectivity index (χ3v) is 6.03. The Morgan fingerprint density at radius 2 is 1.62 bits per heavy atom. The highest BCUT2D eigenvalue weighted by atomic mass is 19.4. The summed E-state index contributed by atoms with van der Waals surface area (Å²) in [6.45, 7) is -0.854. The number of carboxylic acids is 1. The predicted octanol–water partition coefficient (Wildman–Crippen LogP) is 2.50. The molecule has 0 aromatic heterocycles. The zero-order chi connectivity index (χ0) is 24.6. The van der Waals surface area contributed by atoms with Gasteiger partial charge in [0.2, 0.25) is 6.04 Å². The quantitative estimate of drug-likeness (QED) is 0.608. The number of aliphatic carboxylic acids is 1. The number of ether oxygens (including phenoxy) is 1. The third kappa shape index (κ3) is 4.43. The summed E-state index contributed by atoms with van der Waals surface area (Å²) < 4.78 is 45.9. The number of alkyl halides is 3. The minimum atomic E-state index is -5.21. The van der Waals surface area contributed by atoms with Gasteiger partial charge in [-0.15, -0.1) is 0 Å². The lowest BCUT2D eigenvalue weighted by Crippen LogP contribution is -2.58. The molecule has 3 atom stereocenters. The second kappa shape index (κ2) is 8.98. The van der Waals surface area contributed by atoms with Crippen molar-refractivity contribution in [3.63, 3.8) is 0 Å². The van der Waals surface area contributed by atoms with E-state index in [9.17, 15) is 37.8 Å². The number of carbonyl (C=O) groups is 3. The van der Waals surface area contributed by atoms with Crippen LogP contribution in [-0.2, 0) is 14.3 Å². The summed E-state index contributed by atoms with van der Waals surface area (Å²) in [6, 6.07) is 10.1. The second-order valence-electron chi connectivity index (χ2n) is 8.18. The smallest absolute Gasteiger partial charge is 0.417 e. The molecule has 2 aliphatic rings. The van der Waals surface area contributed by atoms with Gasteiger partial charge in [-0.05, 0) is 22.3 Å². The zero-order valence-corrected chi connectivity index (χ0v) is 17.7. The molecule has 1 saturated heterocycles. The number of hydrogen-bond donors (Lipinski definition) is 3. The normalized spacial score (nSPS) is 20.4. The van der Waals surface area contributed by atoms with Crippen LogP contribution in [-0.4, -0.2) is 70.6 Å². The summed E-state index contributed by atoms with van der Waals surface area (Å²) in [5.41, 5.74) is 3.58. The number of fused-ring (bicyclic) bond motifs is 3. The lowest BCUT2D eigenvalue weighted by molar-refractivity contribution is -0.177. The van der Waals surface area contributed by atoms with Crippen molar-refractivity contribution >= 4 is 18.0 Å². The zero-order valence-electron chi connectivity index (χ0n) is 17.7. The molecule has 4 rings (SSSR count). The van der Waals surface area contributed by atoms with Gasteiger partial charge in [-0.2, -0.15) is 13.2 Å². The molecule has 0 saturated carbocycles. The van der Waals surface area contributed by atoms with Crippen LogP contribution in [0.2, 0.25) is 0 Å². The van der Waals surface area contributed by atoms with Crippen LogP contribution < -0.4 is 5.32 Å². The van der Waals surface area contributed by atoms with Crippen molar-refractivity contribution in [2.75, 3.05) is 13.2 Å². The second-order valence-corrected chi connectivity index (χ2v) is 8.18. The average molecular weight is 478 g/mol. The largest absolute Gasteiger partial charge is 0.480 e.